The van der Waals surface area contributed by atoms with Gasteiger partial charge in [-0.15, -0.1) is 0 Å². The zero-order chi connectivity index (χ0) is 13.3. The Balaban J connectivity index is 1.46. The Morgan fingerprint density at radius 1 is 1.26 bits per heavy atom. The van der Waals surface area contributed by atoms with Crippen LogP contribution in [0.1, 0.15) is 18.4 Å². The van der Waals surface area contributed by atoms with Gasteiger partial charge in [-0.3, -0.25) is 0 Å². The van der Waals surface area contributed by atoms with E-state index in [9.17, 15) is 5.11 Å². The van der Waals surface area contributed by atoms with Crippen molar-refractivity contribution in [2.45, 2.75) is 25.0 Å². The van der Waals surface area contributed by atoms with E-state index in [4.69, 9.17) is 14.2 Å². The molecule has 4 rings (SSSR count). The Bertz CT molecular complexity index is 434. The molecule has 2 bridgehead atoms. The standard InChI is InChI=1S/C15H20O4/c1-17-13-4-2-12(3-5-13)6-18-10-14-7-15(8-14,9-16)19-11-14/h2-5,16H,6-11H2,1H3. The van der Waals surface area contributed by atoms with Crippen LogP contribution >= 0.6 is 0 Å². The predicted molar refractivity (Wildman–Crippen MR) is 70.1 cm³/mol. The van der Waals surface area contributed by atoms with E-state index in [1.165, 1.54) is 0 Å². The number of aliphatic hydroxyl groups excluding tert-OH is 1. The smallest absolute Gasteiger partial charge is 0.118 e. The number of hydrogen-bond acceptors (Lipinski definition) is 4. The second-order valence-electron chi connectivity index (χ2n) is 5.82. The van der Waals surface area contributed by atoms with Crippen molar-refractivity contribution >= 4 is 0 Å². The van der Waals surface area contributed by atoms with Gasteiger partial charge in [-0.05, 0) is 30.5 Å². The van der Waals surface area contributed by atoms with Crippen molar-refractivity contribution in [3.8, 4) is 5.75 Å². The highest BCUT2D eigenvalue weighted by atomic mass is 16.5. The highest BCUT2D eigenvalue weighted by Gasteiger charge is 2.62. The third-order valence-electron chi connectivity index (χ3n) is 4.20. The molecule has 3 aliphatic rings. The first-order valence-electron chi connectivity index (χ1n) is 6.65. The molecule has 1 aliphatic carbocycles. The van der Waals surface area contributed by atoms with Gasteiger partial charge in [-0.2, -0.15) is 0 Å². The molecule has 1 aromatic carbocycles. The summed E-state index contributed by atoms with van der Waals surface area (Å²) in [6.07, 6.45) is 1.86. The molecule has 104 valence electrons. The fourth-order valence-electron chi connectivity index (χ4n) is 3.23. The van der Waals surface area contributed by atoms with Crippen LogP contribution in [-0.2, 0) is 16.1 Å². The van der Waals surface area contributed by atoms with Crippen molar-refractivity contribution in [1.82, 2.24) is 0 Å². The van der Waals surface area contributed by atoms with E-state index in [2.05, 4.69) is 0 Å². The number of fused-ring (bicyclic) bond motifs is 1. The van der Waals surface area contributed by atoms with E-state index >= 15 is 0 Å². The Kier molecular flexibility index (Phi) is 3.25. The summed E-state index contributed by atoms with van der Waals surface area (Å²) in [7, 11) is 1.66. The maximum absolute atomic E-state index is 9.25. The first-order chi connectivity index (χ1) is 9.19. The lowest BCUT2D eigenvalue weighted by molar-refractivity contribution is -0.0760. The second-order valence-corrected chi connectivity index (χ2v) is 5.82. The predicted octanol–water partition coefficient (Wildman–Crippen LogP) is 1.75. The summed E-state index contributed by atoms with van der Waals surface area (Å²) in [5.41, 5.74) is 1.04. The van der Waals surface area contributed by atoms with Gasteiger partial charge in [-0.25, -0.2) is 0 Å². The second kappa shape index (κ2) is 4.78. The molecule has 0 unspecified atom stereocenters. The zero-order valence-corrected chi connectivity index (χ0v) is 11.2. The quantitative estimate of drug-likeness (QED) is 0.850. The fourth-order valence-corrected chi connectivity index (χ4v) is 3.23. The molecule has 4 nitrogen and oxygen atoms in total. The maximum atomic E-state index is 9.25. The first kappa shape index (κ1) is 12.9. The average molecular weight is 264 g/mol. The molecule has 19 heavy (non-hydrogen) atoms. The van der Waals surface area contributed by atoms with Crippen molar-refractivity contribution < 1.29 is 19.3 Å². The Labute approximate surface area is 113 Å². The Hall–Kier alpha value is -1.10. The molecular formula is C15H20O4. The number of ether oxygens (including phenoxy) is 3. The van der Waals surface area contributed by atoms with Crippen LogP contribution in [-0.4, -0.2) is 37.6 Å². The molecule has 1 saturated carbocycles. The van der Waals surface area contributed by atoms with Gasteiger partial charge < -0.3 is 19.3 Å². The van der Waals surface area contributed by atoms with Gasteiger partial charge in [0.1, 0.15) is 5.75 Å². The molecule has 2 aliphatic heterocycles. The number of aliphatic hydroxyl groups is 1. The van der Waals surface area contributed by atoms with Crippen molar-refractivity contribution in [2.24, 2.45) is 5.41 Å². The summed E-state index contributed by atoms with van der Waals surface area (Å²) in [5.74, 6) is 0.859. The minimum atomic E-state index is -0.247. The summed E-state index contributed by atoms with van der Waals surface area (Å²) >= 11 is 0. The molecule has 0 atom stereocenters. The highest BCUT2D eigenvalue weighted by Crippen LogP contribution is 2.57. The molecule has 1 N–H and O–H groups in total. The SMILES string of the molecule is COc1ccc(COCC23COC(CO)(C2)C3)cc1. The summed E-state index contributed by atoms with van der Waals surface area (Å²) in [6.45, 7) is 2.17. The fraction of sp³-hybridized carbons (Fsp3) is 0.600. The lowest BCUT2D eigenvalue weighted by Gasteiger charge is -2.43. The van der Waals surface area contributed by atoms with Gasteiger partial charge in [0, 0.05) is 5.41 Å². The molecule has 2 heterocycles. The molecule has 1 aromatic rings. The van der Waals surface area contributed by atoms with Crippen molar-refractivity contribution in [1.29, 1.82) is 0 Å². The summed E-state index contributed by atoms with van der Waals surface area (Å²) in [4.78, 5) is 0. The van der Waals surface area contributed by atoms with Crippen LogP contribution < -0.4 is 4.74 Å². The van der Waals surface area contributed by atoms with E-state index in [-0.39, 0.29) is 17.6 Å². The molecule has 2 saturated heterocycles. The monoisotopic (exact) mass is 264 g/mol. The summed E-state index contributed by atoms with van der Waals surface area (Å²) in [5, 5.41) is 9.25. The van der Waals surface area contributed by atoms with E-state index < -0.39 is 0 Å². The molecule has 4 heteroatoms. The van der Waals surface area contributed by atoms with E-state index in [1.54, 1.807) is 7.11 Å². The van der Waals surface area contributed by atoms with Crippen molar-refractivity contribution in [3.05, 3.63) is 29.8 Å². The van der Waals surface area contributed by atoms with Gasteiger partial charge in [0.2, 0.25) is 0 Å². The minimum absolute atomic E-state index is 0.132. The summed E-state index contributed by atoms with van der Waals surface area (Å²) in [6, 6.07) is 7.91. The number of hydrogen-bond donors (Lipinski definition) is 1. The molecule has 0 amide bonds. The third kappa shape index (κ3) is 2.36. The molecular weight excluding hydrogens is 244 g/mol. The van der Waals surface area contributed by atoms with Gasteiger partial charge in [-0.1, -0.05) is 12.1 Å². The Morgan fingerprint density at radius 3 is 2.58 bits per heavy atom. The number of methoxy groups -OCH3 is 1. The van der Waals surface area contributed by atoms with E-state index in [1.807, 2.05) is 24.3 Å². The van der Waals surface area contributed by atoms with Crippen LogP contribution in [0.15, 0.2) is 24.3 Å². The van der Waals surface area contributed by atoms with Crippen molar-refractivity contribution in [3.63, 3.8) is 0 Å². The van der Waals surface area contributed by atoms with E-state index in [0.717, 1.165) is 30.8 Å². The first-order valence-corrected chi connectivity index (χ1v) is 6.65. The van der Waals surface area contributed by atoms with Gasteiger partial charge in [0.15, 0.2) is 0 Å². The lowest BCUT2D eigenvalue weighted by Crippen LogP contribution is -2.48. The minimum Gasteiger partial charge on any atom is -0.497 e. The summed E-state index contributed by atoms with van der Waals surface area (Å²) < 4.78 is 16.6. The third-order valence-corrected chi connectivity index (χ3v) is 4.20. The number of benzene rings is 1. The molecule has 0 spiro atoms. The van der Waals surface area contributed by atoms with Crippen LogP contribution in [0.5, 0.6) is 5.75 Å². The largest absolute Gasteiger partial charge is 0.497 e. The lowest BCUT2D eigenvalue weighted by atomic mass is 9.63. The zero-order valence-electron chi connectivity index (χ0n) is 11.2. The van der Waals surface area contributed by atoms with Gasteiger partial charge in [0.05, 0.1) is 39.1 Å². The van der Waals surface area contributed by atoms with Crippen LogP contribution in [0.2, 0.25) is 0 Å². The molecule has 3 fully saturated rings. The number of rotatable bonds is 6. The normalized spacial score (nSPS) is 32.1. The highest BCUT2D eigenvalue weighted by molar-refractivity contribution is 5.26. The topological polar surface area (TPSA) is 47.9 Å². The van der Waals surface area contributed by atoms with E-state index in [0.29, 0.717) is 13.2 Å². The average Bonchev–Trinajstić information content (AvgIpc) is 2.95. The van der Waals surface area contributed by atoms with Crippen LogP contribution in [0, 0.1) is 5.41 Å². The van der Waals surface area contributed by atoms with Crippen molar-refractivity contribution in [2.75, 3.05) is 26.9 Å². The Morgan fingerprint density at radius 2 is 2.00 bits per heavy atom. The van der Waals surface area contributed by atoms with Crippen LogP contribution in [0.25, 0.3) is 0 Å². The van der Waals surface area contributed by atoms with Gasteiger partial charge >= 0.3 is 0 Å². The molecule has 0 radical (unpaired) electrons. The maximum Gasteiger partial charge on any atom is 0.118 e. The van der Waals surface area contributed by atoms with Gasteiger partial charge in [0.25, 0.3) is 0 Å². The van der Waals surface area contributed by atoms with Crippen LogP contribution in [0.3, 0.4) is 0 Å². The molecule has 0 aromatic heterocycles. The van der Waals surface area contributed by atoms with Crippen LogP contribution in [0.4, 0.5) is 0 Å².